The molecule has 3 aliphatic rings. The van der Waals surface area contributed by atoms with Crippen LogP contribution in [0.4, 0.5) is 4.79 Å². The summed E-state index contributed by atoms with van der Waals surface area (Å²) in [5.41, 5.74) is -0.573. The SMILES string of the molecule is CCC(C)(C)C1CCC2(CC1)NC(=O)N(CC(=O)N1C[C@@H](C)O[C@H](C)C1)C2=O. The van der Waals surface area contributed by atoms with Gasteiger partial charge in [-0.3, -0.25) is 14.5 Å². The van der Waals surface area contributed by atoms with E-state index in [-0.39, 0.29) is 36.0 Å². The third kappa shape index (κ3) is 3.91. The highest BCUT2D eigenvalue weighted by molar-refractivity contribution is 6.09. The molecule has 4 amide bonds. The Bertz CT molecular complexity index is 630. The first kappa shape index (κ1) is 21.1. The fourth-order valence-electron chi connectivity index (χ4n) is 4.96. The summed E-state index contributed by atoms with van der Waals surface area (Å²) in [6.07, 6.45) is 4.17. The van der Waals surface area contributed by atoms with Crippen molar-refractivity contribution in [2.45, 2.75) is 84.5 Å². The molecule has 1 N–H and O–H groups in total. The maximum absolute atomic E-state index is 13.1. The van der Waals surface area contributed by atoms with E-state index in [1.807, 2.05) is 13.8 Å². The number of carbonyl (C=O) groups is 3. The van der Waals surface area contributed by atoms with E-state index in [4.69, 9.17) is 4.74 Å². The van der Waals surface area contributed by atoms with Gasteiger partial charge in [0.05, 0.1) is 12.2 Å². The molecule has 3 fully saturated rings. The molecule has 2 saturated heterocycles. The van der Waals surface area contributed by atoms with Crippen molar-refractivity contribution in [1.29, 1.82) is 0 Å². The van der Waals surface area contributed by atoms with Gasteiger partial charge in [-0.15, -0.1) is 0 Å². The Morgan fingerprint density at radius 2 is 1.75 bits per heavy atom. The van der Waals surface area contributed by atoms with Gasteiger partial charge in [-0.05, 0) is 50.9 Å². The summed E-state index contributed by atoms with van der Waals surface area (Å²) in [7, 11) is 0. The quantitative estimate of drug-likeness (QED) is 0.745. The zero-order chi connectivity index (χ0) is 20.7. The molecule has 1 aliphatic carbocycles. The minimum Gasteiger partial charge on any atom is -0.372 e. The molecule has 0 unspecified atom stereocenters. The van der Waals surface area contributed by atoms with Crippen molar-refractivity contribution in [3.63, 3.8) is 0 Å². The Morgan fingerprint density at radius 1 is 1.18 bits per heavy atom. The van der Waals surface area contributed by atoms with E-state index in [2.05, 4.69) is 26.1 Å². The molecule has 2 atom stereocenters. The normalized spacial score (nSPS) is 34.1. The molecule has 0 aromatic carbocycles. The Morgan fingerprint density at radius 3 is 2.29 bits per heavy atom. The highest BCUT2D eigenvalue weighted by Gasteiger charge is 2.54. The van der Waals surface area contributed by atoms with Gasteiger partial charge in [0.1, 0.15) is 12.1 Å². The van der Waals surface area contributed by atoms with Crippen LogP contribution in [0, 0.1) is 11.3 Å². The lowest BCUT2D eigenvalue weighted by Crippen LogP contribution is -2.53. The predicted octanol–water partition coefficient (Wildman–Crippen LogP) is 2.54. The fraction of sp³-hybridized carbons (Fsp3) is 0.857. The van der Waals surface area contributed by atoms with Crippen LogP contribution >= 0.6 is 0 Å². The first-order chi connectivity index (χ1) is 13.1. The van der Waals surface area contributed by atoms with E-state index >= 15 is 0 Å². The summed E-state index contributed by atoms with van der Waals surface area (Å²) in [5, 5.41) is 2.93. The third-order valence-electron chi connectivity index (χ3n) is 7.17. The monoisotopic (exact) mass is 393 g/mol. The molecule has 3 rings (SSSR count). The highest BCUT2D eigenvalue weighted by Crippen LogP contribution is 2.45. The maximum Gasteiger partial charge on any atom is 0.325 e. The van der Waals surface area contributed by atoms with Crippen LogP contribution in [0.1, 0.15) is 66.7 Å². The molecule has 0 bridgehead atoms. The van der Waals surface area contributed by atoms with Crippen molar-refractivity contribution in [2.24, 2.45) is 11.3 Å². The van der Waals surface area contributed by atoms with Gasteiger partial charge in [-0.2, -0.15) is 0 Å². The Kier molecular flexibility index (Phi) is 5.76. The number of nitrogens with one attached hydrogen (secondary N) is 1. The fourth-order valence-corrected chi connectivity index (χ4v) is 4.96. The second kappa shape index (κ2) is 7.65. The molecule has 0 radical (unpaired) electrons. The molecular weight excluding hydrogens is 358 g/mol. The zero-order valence-corrected chi connectivity index (χ0v) is 17.9. The van der Waals surface area contributed by atoms with Crippen molar-refractivity contribution < 1.29 is 19.1 Å². The van der Waals surface area contributed by atoms with Gasteiger partial charge in [0.15, 0.2) is 0 Å². The topological polar surface area (TPSA) is 79.0 Å². The first-order valence-electron chi connectivity index (χ1n) is 10.7. The molecule has 158 valence electrons. The van der Waals surface area contributed by atoms with Crippen molar-refractivity contribution in [2.75, 3.05) is 19.6 Å². The number of carbonyl (C=O) groups excluding carboxylic acids is 3. The van der Waals surface area contributed by atoms with Gasteiger partial charge in [-0.1, -0.05) is 27.2 Å². The van der Waals surface area contributed by atoms with E-state index in [1.54, 1.807) is 4.90 Å². The van der Waals surface area contributed by atoms with Crippen molar-refractivity contribution in [3.05, 3.63) is 0 Å². The zero-order valence-electron chi connectivity index (χ0n) is 17.9. The van der Waals surface area contributed by atoms with Gasteiger partial charge < -0.3 is 15.0 Å². The van der Waals surface area contributed by atoms with Crippen LogP contribution in [0.2, 0.25) is 0 Å². The third-order valence-corrected chi connectivity index (χ3v) is 7.17. The number of nitrogens with zero attached hydrogens (tertiary/aromatic N) is 2. The summed E-state index contributed by atoms with van der Waals surface area (Å²) in [6, 6.07) is -0.430. The second-order valence-corrected chi connectivity index (χ2v) is 9.58. The van der Waals surface area contributed by atoms with E-state index in [0.29, 0.717) is 31.8 Å². The van der Waals surface area contributed by atoms with Crippen molar-refractivity contribution in [1.82, 2.24) is 15.1 Å². The van der Waals surface area contributed by atoms with E-state index in [9.17, 15) is 14.4 Å². The van der Waals surface area contributed by atoms with Crippen LogP contribution < -0.4 is 5.32 Å². The molecule has 1 spiro atoms. The number of imide groups is 1. The van der Waals surface area contributed by atoms with Crippen molar-refractivity contribution in [3.8, 4) is 0 Å². The van der Waals surface area contributed by atoms with Gasteiger partial charge in [-0.25, -0.2) is 4.79 Å². The lowest BCUT2D eigenvalue weighted by molar-refractivity contribution is -0.147. The summed E-state index contributed by atoms with van der Waals surface area (Å²) < 4.78 is 5.66. The maximum atomic E-state index is 13.1. The molecule has 2 heterocycles. The summed E-state index contributed by atoms with van der Waals surface area (Å²) >= 11 is 0. The van der Waals surface area contributed by atoms with Crippen LogP contribution in [-0.4, -0.2) is 65.0 Å². The van der Waals surface area contributed by atoms with Gasteiger partial charge in [0, 0.05) is 13.1 Å². The molecule has 2 aliphatic heterocycles. The first-order valence-corrected chi connectivity index (χ1v) is 10.7. The van der Waals surface area contributed by atoms with Crippen LogP contribution in [0.25, 0.3) is 0 Å². The molecule has 7 nitrogen and oxygen atoms in total. The number of ether oxygens (including phenoxy) is 1. The van der Waals surface area contributed by atoms with Crippen LogP contribution in [-0.2, 0) is 14.3 Å². The number of hydrogen-bond acceptors (Lipinski definition) is 4. The van der Waals surface area contributed by atoms with Crippen molar-refractivity contribution >= 4 is 17.8 Å². The molecular formula is C21H35N3O4. The standard InChI is InChI=1S/C21H35N3O4/c1-6-20(4,5)16-7-9-21(10-8-16)18(26)24(19(27)22-21)13-17(25)23-11-14(2)28-15(3)12-23/h14-16H,6-13H2,1-5H3,(H,22,27)/t14-,15-,16?,21?/m1/s1. The minimum absolute atomic E-state index is 0.0423. The molecule has 0 aromatic rings. The molecule has 7 heteroatoms. The molecule has 28 heavy (non-hydrogen) atoms. The smallest absolute Gasteiger partial charge is 0.325 e. The van der Waals surface area contributed by atoms with E-state index < -0.39 is 11.6 Å². The van der Waals surface area contributed by atoms with Crippen LogP contribution in [0.3, 0.4) is 0 Å². The summed E-state index contributed by atoms with van der Waals surface area (Å²) in [4.78, 5) is 41.2. The van der Waals surface area contributed by atoms with E-state index in [1.165, 1.54) is 0 Å². The number of hydrogen-bond donors (Lipinski definition) is 1. The second-order valence-electron chi connectivity index (χ2n) is 9.58. The Hall–Kier alpha value is -1.63. The number of morpholine rings is 1. The average molecular weight is 394 g/mol. The Labute approximate surface area is 168 Å². The lowest BCUT2D eigenvalue weighted by atomic mass is 9.65. The van der Waals surface area contributed by atoms with E-state index in [0.717, 1.165) is 24.2 Å². The minimum atomic E-state index is -0.816. The average Bonchev–Trinajstić information content (AvgIpc) is 2.85. The molecule has 0 aromatic heterocycles. The molecule has 1 saturated carbocycles. The largest absolute Gasteiger partial charge is 0.372 e. The van der Waals surface area contributed by atoms with Gasteiger partial charge in [0.25, 0.3) is 5.91 Å². The number of amides is 4. The van der Waals surface area contributed by atoms with Crippen LogP contribution in [0.15, 0.2) is 0 Å². The Balaban J connectivity index is 1.63. The lowest BCUT2D eigenvalue weighted by Gasteiger charge is -2.42. The highest BCUT2D eigenvalue weighted by atomic mass is 16.5. The van der Waals surface area contributed by atoms with Gasteiger partial charge in [0.2, 0.25) is 5.91 Å². The number of rotatable bonds is 4. The predicted molar refractivity (Wildman–Crippen MR) is 106 cm³/mol. The summed E-state index contributed by atoms with van der Waals surface area (Å²) in [6.45, 7) is 11.4. The summed E-state index contributed by atoms with van der Waals surface area (Å²) in [5.74, 6) is 0.135. The van der Waals surface area contributed by atoms with Gasteiger partial charge >= 0.3 is 6.03 Å². The van der Waals surface area contributed by atoms with Crippen LogP contribution in [0.5, 0.6) is 0 Å². The number of urea groups is 1.